The first kappa shape index (κ1) is 16.6. The summed E-state index contributed by atoms with van der Waals surface area (Å²) in [6.07, 6.45) is 3.32. The first-order valence-electron chi connectivity index (χ1n) is 8.32. The predicted octanol–water partition coefficient (Wildman–Crippen LogP) is 3.64. The lowest BCUT2D eigenvalue weighted by Gasteiger charge is -2.44. The van der Waals surface area contributed by atoms with Crippen LogP contribution in [-0.2, 0) is 0 Å². The number of rotatable bonds is 2. The number of thioether (sulfide) groups is 1. The zero-order valence-electron chi connectivity index (χ0n) is 13.9. The van der Waals surface area contributed by atoms with Gasteiger partial charge in [0.2, 0.25) is 0 Å². The van der Waals surface area contributed by atoms with Gasteiger partial charge in [0.05, 0.1) is 6.10 Å². The van der Waals surface area contributed by atoms with Gasteiger partial charge in [-0.3, -0.25) is 4.90 Å². The van der Waals surface area contributed by atoms with E-state index in [4.69, 9.17) is 0 Å². The van der Waals surface area contributed by atoms with Gasteiger partial charge in [-0.2, -0.15) is 11.8 Å². The SMILES string of the molecule is CC1SCCN(CC2CC(C(C)(C)C)CCC2O)C1C. The van der Waals surface area contributed by atoms with Crippen molar-refractivity contribution in [1.29, 1.82) is 0 Å². The van der Waals surface area contributed by atoms with Gasteiger partial charge in [-0.25, -0.2) is 0 Å². The van der Waals surface area contributed by atoms with Gasteiger partial charge < -0.3 is 5.11 Å². The second kappa shape index (κ2) is 6.58. The molecule has 2 nitrogen and oxygen atoms in total. The molecule has 0 bridgehead atoms. The second-order valence-corrected chi connectivity index (χ2v) is 9.50. The molecule has 20 heavy (non-hydrogen) atoms. The molecule has 118 valence electrons. The van der Waals surface area contributed by atoms with Crippen LogP contribution >= 0.6 is 11.8 Å². The maximum atomic E-state index is 10.4. The summed E-state index contributed by atoms with van der Waals surface area (Å²) >= 11 is 2.09. The molecule has 0 aromatic rings. The molecule has 3 heteroatoms. The van der Waals surface area contributed by atoms with Crippen LogP contribution in [0.5, 0.6) is 0 Å². The van der Waals surface area contributed by atoms with Crippen LogP contribution in [0, 0.1) is 17.3 Å². The predicted molar refractivity (Wildman–Crippen MR) is 89.2 cm³/mol. The van der Waals surface area contributed by atoms with E-state index in [1.54, 1.807) is 0 Å². The molecule has 1 aliphatic carbocycles. The first-order chi connectivity index (χ1) is 9.29. The third kappa shape index (κ3) is 3.92. The van der Waals surface area contributed by atoms with E-state index in [1.807, 2.05) is 0 Å². The summed E-state index contributed by atoms with van der Waals surface area (Å²) in [5.41, 5.74) is 0.384. The highest BCUT2D eigenvalue weighted by Gasteiger charge is 2.37. The molecule has 0 amide bonds. The average molecular weight is 300 g/mol. The van der Waals surface area contributed by atoms with Crippen LogP contribution in [0.4, 0.5) is 0 Å². The fourth-order valence-electron chi connectivity index (χ4n) is 3.79. The van der Waals surface area contributed by atoms with Crippen molar-refractivity contribution in [3.05, 3.63) is 0 Å². The van der Waals surface area contributed by atoms with E-state index in [0.717, 1.165) is 24.1 Å². The van der Waals surface area contributed by atoms with Gasteiger partial charge in [-0.05, 0) is 43.4 Å². The largest absolute Gasteiger partial charge is 0.393 e. The van der Waals surface area contributed by atoms with E-state index < -0.39 is 0 Å². The van der Waals surface area contributed by atoms with E-state index in [0.29, 0.717) is 17.4 Å². The summed E-state index contributed by atoms with van der Waals surface area (Å²) in [6.45, 7) is 14.1. The molecule has 0 aromatic carbocycles. The van der Waals surface area contributed by atoms with Crippen LogP contribution in [-0.4, -0.2) is 46.2 Å². The Bertz CT molecular complexity index is 315. The maximum Gasteiger partial charge on any atom is 0.0580 e. The molecule has 1 aliphatic heterocycles. The minimum Gasteiger partial charge on any atom is -0.393 e. The molecular weight excluding hydrogens is 266 g/mol. The second-order valence-electron chi connectivity index (χ2n) is 8.01. The van der Waals surface area contributed by atoms with Crippen molar-refractivity contribution in [3.63, 3.8) is 0 Å². The van der Waals surface area contributed by atoms with Crippen molar-refractivity contribution in [1.82, 2.24) is 4.90 Å². The van der Waals surface area contributed by atoms with Gasteiger partial charge >= 0.3 is 0 Å². The summed E-state index contributed by atoms with van der Waals surface area (Å²) < 4.78 is 0. The van der Waals surface area contributed by atoms with Crippen LogP contribution in [0.25, 0.3) is 0 Å². The first-order valence-corrected chi connectivity index (χ1v) is 9.37. The fraction of sp³-hybridized carbons (Fsp3) is 1.00. The average Bonchev–Trinajstić information content (AvgIpc) is 2.36. The van der Waals surface area contributed by atoms with E-state index >= 15 is 0 Å². The van der Waals surface area contributed by atoms with Gasteiger partial charge in [-0.1, -0.05) is 27.7 Å². The van der Waals surface area contributed by atoms with Gasteiger partial charge in [0, 0.05) is 30.1 Å². The Morgan fingerprint density at radius 1 is 1.20 bits per heavy atom. The third-order valence-corrected chi connectivity index (χ3v) is 6.99. The van der Waals surface area contributed by atoms with Crippen molar-refractivity contribution >= 4 is 11.8 Å². The van der Waals surface area contributed by atoms with Crippen molar-refractivity contribution < 1.29 is 5.11 Å². The molecule has 1 heterocycles. The van der Waals surface area contributed by atoms with E-state index in [2.05, 4.69) is 51.3 Å². The van der Waals surface area contributed by atoms with Gasteiger partial charge in [0.25, 0.3) is 0 Å². The Hall–Kier alpha value is 0.270. The quantitative estimate of drug-likeness (QED) is 0.842. The Morgan fingerprint density at radius 2 is 1.90 bits per heavy atom. The monoisotopic (exact) mass is 299 g/mol. The van der Waals surface area contributed by atoms with E-state index in [-0.39, 0.29) is 6.10 Å². The standard InChI is InChI=1S/C17H33NOS/c1-12-13(2)20-9-8-18(12)11-14-10-15(17(3,4)5)6-7-16(14)19/h12-16,19H,6-11H2,1-5H3. The Balaban J connectivity index is 1.96. The molecule has 2 aliphatic rings. The highest BCUT2D eigenvalue weighted by Crippen LogP contribution is 2.41. The Labute approximate surface area is 129 Å². The van der Waals surface area contributed by atoms with Crippen LogP contribution in [0.2, 0.25) is 0 Å². The summed E-state index contributed by atoms with van der Waals surface area (Å²) in [6, 6.07) is 0.649. The van der Waals surface area contributed by atoms with Crippen molar-refractivity contribution in [2.24, 2.45) is 17.3 Å². The molecule has 0 radical (unpaired) electrons. The summed E-state index contributed by atoms with van der Waals surface area (Å²) in [5.74, 6) is 2.49. The number of aliphatic hydroxyl groups is 1. The van der Waals surface area contributed by atoms with Crippen LogP contribution in [0.3, 0.4) is 0 Å². The molecular formula is C17H33NOS. The number of hydrogen-bond donors (Lipinski definition) is 1. The molecule has 5 unspecified atom stereocenters. The van der Waals surface area contributed by atoms with Crippen molar-refractivity contribution in [3.8, 4) is 0 Å². The molecule has 1 N–H and O–H groups in total. The number of nitrogens with zero attached hydrogens (tertiary/aromatic N) is 1. The van der Waals surface area contributed by atoms with Crippen LogP contribution in [0.1, 0.15) is 53.9 Å². The fourth-order valence-corrected chi connectivity index (χ4v) is 4.95. The minimum atomic E-state index is -0.0781. The molecule has 0 spiro atoms. The molecule has 1 saturated heterocycles. The van der Waals surface area contributed by atoms with Crippen LogP contribution < -0.4 is 0 Å². The molecule has 2 fully saturated rings. The lowest BCUT2D eigenvalue weighted by atomic mass is 9.68. The van der Waals surface area contributed by atoms with Crippen molar-refractivity contribution in [2.45, 2.75) is 71.3 Å². The van der Waals surface area contributed by atoms with E-state index in [9.17, 15) is 5.11 Å². The smallest absolute Gasteiger partial charge is 0.0580 e. The molecule has 0 aromatic heterocycles. The van der Waals surface area contributed by atoms with Crippen molar-refractivity contribution in [2.75, 3.05) is 18.8 Å². The lowest BCUT2D eigenvalue weighted by molar-refractivity contribution is -0.00159. The summed E-state index contributed by atoms with van der Waals surface area (Å²) in [7, 11) is 0. The molecule has 1 saturated carbocycles. The van der Waals surface area contributed by atoms with E-state index in [1.165, 1.54) is 25.1 Å². The zero-order valence-corrected chi connectivity index (χ0v) is 14.7. The van der Waals surface area contributed by atoms with Gasteiger partial charge in [0.15, 0.2) is 0 Å². The normalized spacial score (nSPS) is 40.8. The molecule has 5 atom stereocenters. The minimum absolute atomic E-state index is 0.0781. The topological polar surface area (TPSA) is 23.5 Å². The molecule has 2 rings (SSSR count). The number of hydrogen-bond acceptors (Lipinski definition) is 3. The Kier molecular flexibility index (Phi) is 5.47. The van der Waals surface area contributed by atoms with Crippen LogP contribution in [0.15, 0.2) is 0 Å². The number of aliphatic hydroxyl groups excluding tert-OH is 1. The highest BCUT2D eigenvalue weighted by molar-refractivity contribution is 8.00. The summed E-state index contributed by atoms with van der Waals surface area (Å²) in [5, 5.41) is 11.1. The maximum absolute atomic E-state index is 10.4. The lowest BCUT2D eigenvalue weighted by Crippen LogP contribution is -2.49. The highest BCUT2D eigenvalue weighted by atomic mass is 32.2. The summed E-state index contributed by atoms with van der Waals surface area (Å²) in [4.78, 5) is 2.63. The third-order valence-electron chi connectivity index (χ3n) is 5.65. The van der Waals surface area contributed by atoms with Gasteiger partial charge in [0.1, 0.15) is 0 Å². The Morgan fingerprint density at radius 3 is 2.55 bits per heavy atom. The van der Waals surface area contributed by atoms with Gasteiger partial charge in [-0.15, -0.1) is 0 Å². The zero-order chi connectivity index (χ0) is 14.9.